The SMILES string of the molecule is COc1ccc([C@@H]2C(C(=O)c3sc(C)nc3C)=C(O)C(=O)N2CC[NH+](C)C)cc1. The van der Waals surface area contributed by atoms with E-state index in [1.165, 1.54) is 16.2 Å². The number of carbonyl (C=O) groups excluding carboxylic acids is 2. The number of methoxy groups -OCH3 is 1. The van der Waals surface area contributed by atoms with Gasteiger partial charge in [0.25, 0.3) is 5.91 Å². The van der Waals surface area contributed by atoms with Crippen LogP contribution in [0.5, 0.6) is 5.75 Å². The maximum Gasteiger partial charge on any atom is 0.290 e. The van der Waals surface area contributed by atoms with E-state index in [0.29, 0.717) is 29.4 Å². The van der Waals surface area contributed by atoms with Crippen LogP contribution >= 0.6 is 11.3 Å². The predicted molar refractivity (Wildman–Crippen MR) is 111 cm³/mol. The van der Waals surface area contributed by atoms with Gasteiger partial charge in [-0.2, -0.15) is 0 Å². The van der Waals surface area contributed by atoms with Crippen LogP contribution in [0.3, 0.4) is 0 Å². The molecule has 1 aromatic heterocycles. The van der Waals surface area contributed by atoms with Crippen LogP contribution in [0.25, 0.3) is 0 Å². The third kappa shape index (κ3) is 4.04. The van der Waals surface area contributed by atoms with E-state index < -0.39 is 17.7 Å². The lowest BCUT2D eigenvalue weighted by atomic mass is 9.95. The zero-order valence-corrected chi connectivity index (χ0v) is 18.1. The van der Waals surface area contributed by atoms with Crippen molar-refractivity contribution in [1.29, 1.82) is 0 Å². The molecule has 0 saturated heterocycles. The van der Waals surface area contributed by atoms with Crippen LogP contribution in [0.15, 0.2) is 35.6 Å². The molecule has 7 nitrogen and oxygen atoms in total. The minimum absolute atomic E-state index is 0.112. The number of nitrogens with zero attached hydrogens (tertiary/aromatic N) is 2. The Morgan fingerprint density at radius 2 is 1.93 bits per heavy atom. The number of rotatable bonds is 7. The summed E-state index contributed by atoms with van der Waals surface area (Å²) in [4.78, 5) is 33.8. The Morgan fingerprint density at radius 1 is 1.28 bits per heavy atom. The van der Waals surface area contributed by atoms with Gasteiger partial charge >= 0.3 is 0 Å². The monoisotopic (exact) mass is 416 g/mol. The first-order valence-corrected chi connectivity index (χ1v) is 10.2. The van der Waals surface area contributed by atoms with Gasteiger partial charge in [-0.3, -0.25) is 9.59 Å². The number of aliphatic hydroxyl groups excluding tert-OH is 1. The molecule has 154 valence electrons. The van der Waals surface area contributed by atoms with Crippen molar-refractivity contribution >= 4 is 23.0 Å². The van der Waals surface area contributed by atoms with Crippen LogP contribution in [-0.4, -0.2) is 61.0 Å². The van der Waals surface area contributed by atoms with Crippen molar-refractivity contribution in [3.8, 4) is 5.75 Å². The molecule has 2 aromatic rings. The van der Waals surface area contributed by atoms with Crippen molar-refractivity contribution in [3.05, 3.63) is 56.7 Å². The summed E-state index contributed by atoms with van der Waals surface area (Å²) in [6.07, 6.45) is 0. The lowest BCUT2D eigenvalue weighted by Crippen LogP contribution is -3.06. The molecule has 1 aromatic carbocycles. The van der Waals surface area contributed by atoms with Gasteiger partial charge in [-0.1, -0.05) is 12.1 Å². The lowest BCUT2D eigenvalue weighted by molar-refractivity contribution is -0.857. The van der Waals surface area contributed by atoms with Crippen LogP contribution < -0.4 is 9.64 Å². The van der Waals surface area contributed by atoms with Gasteiger partial charge in [0, 0.05) is 0 Å². The van der Waals surface area contributed by atoms with Crippen LogP contribution in [0.1, 0.15) is 32.0 Å². The summed E-state index contributed by atoms with van der Waals surface area (Å²) in [5, 5.41) is 11.4. The second kappa shape index (κ2) is 8.34. The summed E-state index contributed by atoms with van der Waals surface area (Å²) in [5.74, 6) is -0.666. The fraction of sp³-hybridized carbons (Fsp3) is 0.381. The molecule has 0 fully saturated rings. The molecule has 0 unspecified atom stereocenters. The van der Waals surface area contributed by atoms with Gasteiger partial charge in [0.1, 0.15) is 5.75 Å². The molecule has 0 saturated carbocycles. The van der Waals surface area contributed by atoms with E-state index in [2.05, 4.69) is 4.98 Å². The number of nitrogens with one attached hydrogen (secondary N) is 1. The van der Waals surface area contributed by atoms with Crippen molar-refractivity contribution in [2.75, 3.05) is 34.3 Å². The average molecular weight is 417 g/mol. The average Bonchev–Trinajstić information content (AvgIpc) is 3.15. The lowest BCUT2D eigenvalue weighted by Gasteiger charge is -2.27. The van der Waals surface area contributed by atoms with Crippen LogP contribution in [-0.2, 0) is 4.79 Å². The summed E-state index contributed by atoms with van der Waals surface area (Å²) >= 11 is 1.28. The molecule has 1 aliphatic heterocycles. The van der Waals surface area contributed by atoms with Gasteiger partial charge in [0.15, 0.2) is 5.76 Å². The van der Waals surface area contributed by atoms with Crippen LogP contribution in [0.4, 0.5) is 0 Å². The molecule has 2 heterocycles. The molecule has 8 heteroatoms. The number of amides is 1. The fourth-order valence-electron chi connectivity index (χ4n) is 3.46. The standard InChI is InChI=1S/C21H25N3O4S/c1-12-20(29-13(2)22-12)18(25)16-17(14-6-8-15(28-5)9-7-14)24(11-10-23(3)4)21(27)19(16)26/h6-9,17,26H,10-11H2,1-5H3/p+1/t17-/m1/s1. The molecular formula is C21H26N3O4S+. The smallest absolute Gasteiger partial charge is 0.290 e. The Labute approximate surface area is 174 Å². The number of benzene rings is 1. The number of hydrogen-bond donors (Lipinski definition) is 2. The van der Waals surface area contributed by atoms with Gasteiger partial charge in [-0.15, -0.1) is 11.3 Å². The van der Waals surface area contributed by atoms with Crippen LogP contribution in [0, 0.1) is 13.8 Å². The van der Waals surface area contributed by atoms with Crippen molar-refractivity contribution in [2.24, 2.45) is 0 Å². The Morgan fingerprint density at radius 3 is 2.45 bits per heavy atom. The molecule has 0 aliphatic carbocycles. The first-order valence-electron chi connectivity index (χ1n) is 9.40. The molecule has 1 aliphatic rings. The molecule has 1 amide bonds. The number of aryl methyl sites for hydroxylation is 2. The molecule has 1 atom stereocenters. The van der Waals surface area contributed by atoms with Crippen molar-refractivity contribution in [2.45, 2.75) is 19.9 Å². The van der Waals surface area contributed by atoms with Gasteiger partial charge in [-0.05, 0) is 31.5 Å². The zero-order chi connectivity index (χ0) is 21.3. The minimum atomic E-state index is -0.651. The largest absolute Gasteiger partial charge is 0.503 e. The third-order valence-electron chi connectivity index (χ3n) is 4.94. The van der Waals surface area contributed by atoms with Gasteiger partial charge in [0.05, 0.1) is 61.5 Å². The number of quaternary nitrogens is 1. The fourth-order valence-corrected chi connectivity index (χ4v) is 4.33. The van der Waals surface area contributed by atoms with Gasteiger partial charge in [-0.25, -0.2) is 4.98 Å². The first kappa shape index (κ1) is 21.0. The Kier molecular flexibility index (Phi) is 6.04. The summed E-state index contributed by atoms with van der Waals surface area (Å²) in [7, 11) is 5.56. The number of aromatic nitrogens is 1. The van der Waals surface area contributed by atoms with E-state index in [1.54, 1.807) is 31.1 Å². The molecule has 0 spiro atoms. The number of ketones is 1. The highest BCUT2D eigenvalue weighted by Gasteiger charge is 2.44. The van der Waals surface area contributed by atoms with E-state index in [9.17, 15) is 14.7 Å². The third-order valence-corrected chi connectivity index (χ3v) is 6.01. The topological polar surface area (TPSA) is 84.2 Å². The van der Waals surface area contributed by atoms with E-state index in [-0.39, 0.29) is 11.4 Å². The van der Waals surface area contributed by atoms with Gasteiger partial charge < -0.3 is 19.6 Å². The number of Topliss-reactive ketones (excluding diaryl/α,β-unsaturated/α-hetero) is 1. The molecule has 2 N–H and O–H groups in total. The Balaban J connectivity index is 2.07. The second-order valence-electron chi connectivity index (χ2n) is 7.37. The summed E-state index contributed by atoms with van der Waals surface area (Å²) in [6.45, 7) is 4.70. The highest BCUT2D eigenvalue weighted by Crippen LogP contribution is 2.40. The summed E-state index contributed by atoms with van der Waals surface area (Å²) in [6, 6.07) is 6.57. The maximum atomic E-state index is 13.4. The highest BCUT2D eigenvalue weighted by molar-refractivity contribution is 7.14. The van der Waals surface area contributed by atoms with E-state index >= 15 is 0 Å². The molecule has 29 heavy (non-hydrogen) atoms. The summed E-state index contributed by atoms with van der Waals surface area (Å²) in [5.41, 5.74) is 1.47. The summed E-state index contributed by atoms with van der Waals surface area (Å²) < 4.78 is 5.22. The number of hydrogen-bond acceptors (Lipinski definition) is 6. The number of likely N-dealkylation sites (N-methyl/N-ethyl adjacent to an activating group) is 1. The zero-order valence-electron chi connectivity index (χ0n) is 17.3. The normalized spacial score (nSPS) is 16.8. The van der Waals surface area contributed by atoms with Crippen molar-refractivity contribution < 1.29 is 24.3 Å². The van der Waals surface area contributed by atoms with Crippen molar-refractivity contribution in [3.63, 3.8) is 0 Å². The van der Waals surface area contributed by atoms with Crippen LogP contribution in [0.2, 0.25) is 0 Å². The number of carbonyl (C=O) groups is 2. The predicted octanol–water partition coefficient (Wildman–Crippen LogP) is 1.49. The number of aliphatic hydroxyl groups is 1. The van der Waals surface area contributed by atoms with E-state index in [1.807, 2.05) is 33.2 Å². The molecule has 0 bridgehead atoms. The first-order chi connectivity index (χ1) is 13.7. The van der Waals surface area contributed by atoms with E-state index in [4.69, 9.17) is 4.74 Å². The van der Waals surface area contributed by atoms with Gasteiger partial charge in [0.2, 0.25) is 5.78 Å². The maximum absolute atomic E-state index is 13.4. The molecule has 3 rings (SSSR count). The van der Waals surface area contributed by atoms with E-state index in [0.717, 1.165) is 10.6 Å². The highest BCUT2D eigenvalue weighted by atomic mass is 32.1. The Bertz CT molecular complexity index is 963. The minimum Gasteiger partial charge on any atom is -0.503 e. The Hall–Kier alpha value is -2.71. The number of ether oxygens (including phenoxy) is 1. The molecule has 0 radical (unpaired) electrons. The second-order valence-corrected chi connectivity index (χ2v) is 8.57. The van der Waals surface area contributed by atoms with Crippen molar-refractivity contribution in [1.82, 2.24) is 9.88 Å². The molecular weight excluding hydrogens is 390 g/mol. The number of thiazole rings is 1. The quantitative estimate of drug-likeness (QED) is 0.668.